The van der Waals surface area contributed by atoms with E-state index in [-0.39, 0.29) is 5.91 Å². The minimum Gasteiger partial charge on any atom is -0.347 e. The molecular weight excluding hydrogens is 248 g/mol. The van der Waals surface area contributed by atoms with Crippen LogP contribution in [0, 0.1) is 0 Å². The number of nitrogens with one attached hydrogen (secondary N) is 1. The molecule has 3 N–H and O–H groups in total. The third kappa shape index (κ3) is 3.35. The molecule has 1 amide bonds. The summed E-state index contributed by atoms with van der Waals surface area (Å²) in [5.41, 5.74) is 8.10. The van der Waals surface area contributed by atoms with Crippen LogP contribution in [0.1, 0.15) is 21.6 Å². The summed E-state index contributed by atoms with van der Waals surface area (Å²) in [6, 6.07) is 8.03. The zero-order valence-corrected chi connectivity index (χ0v) is 10.6. The number of amides is 1. The lowest BCUT2D eigenvalue weighted by atomic mass is 10.1. The zero-order chi connectivity index (χ0) is 12.8. The normalized spacial score (nSPS) is 10.3. The fourth-order valence-electron chi connectivity index (χ4n) is 1.53. The minimum absolute atomic E-state index is 0.199. The van der Waals surface area contributed by atoms with Crippen LogP contribution < -0.4 is 11.1 Å². The van der Waals surface area contributed by atoms with Crippen LogP contribution in [0.3, 0.4) is 0 Å². The predicted octanol–water partition coefficient (Wildman–Crippen LogP) is 0.969. The van der Waals surface area contributed by atoms with Gasteiger partial charge in [0.2, 0.25) is 0 Å². The molecule has 1 aromatic heterocycles. The largest absolute Gasteiger partial charge is 0.347 e. The molecule has 0 atom stereocenters. The first-order valence-corrected chi connectivity index (χ1v) is 6.36. The maximum atomic E-state index is 11.6. The van der Waals surface area contributed by atoms with Crippen LogP contribution in [-0.2, 0) is 13.0 Å². The number of nitrogens with zero attached hydrogens (tertiary/aromatic N) is 2. The van der Waals surface area contributed by atoms with Gasteiger partial charge in [-0.1, -0.05) is 24.3 Å². The van der Waals surface area contributed by atoms with Gasteiger partial charge in [-0.2, -0.15) is 8.75 Å². The van der Waals surface area contributed by atoms with E-state index < -0.39 is 0 Å². The fraction of sp³-hybridized carbons (Fsp3) is 0.250. The number of carbonyl (C=O) groups excluding carboxylic acids is 1. The van der Waals surface area contributed by atoms with Crippen molar-refractivity contribution in [3.8, 4) is 0 Å². The highest BCUT2D eigenvalue weighted by Gasteiger charge is 2.07. The summed E-state index contributed by atoms with van der Waals surface area (Å²) in [5.74, 6) is -0.199. The molecule has 0 aliphatic rings. The molecule has 5 nitrogen and oxygen atoms in total. The highest BCUT2D eigenvalue weighted by Crippen LogP contribution is 2.05. The Kier molecular flexibility index (Phi) is 4.38. The van der Waals surface area contributed by atoms with E-state index >= 15 is 0 Å². The summed E-state index contributed by atoms with van der Waals surface area (Å²) in [6.45, 7) is 1.13. The number of carbonyl (C=O) groups is 1. The van der Waals surface area contributed by atoms with Gasteiger partial charge in [-0.3, -0.25) is 4.79 Å². The summed E-state index contributed by atoms with van der Waals surface area (Å²) in [4.78, 5) is 11.6. The molecule has 94 valence electrons. The Morgan fingerprint density at radius 1 is 1.28 bits per heavy atom. The van der Waals surface area contributed by atoms with E-state index in [1.807, 2.05) is 24.3 Å². The van der Waals surface area contributed by atoms with Crippen molar-refractivity contribution in [3.05, 3.63) is 47.3 Å². The van der Waals surface area contributed by atoms with Crippen molar-refractivity contribution >= 4 is 17.6 Å². The van der Waals surface area contributed by atoms with Gasteiger partial charge in [0, 0.05) is 6.54 Å². The number of hydrogen-bond donors (Lipinski definition) is 2. The Hall–Kier alpha value is -1.79. The molecule has 0 saturated heterocycles. The van der Waals surface area contributed by atoms with Crippen molar-refractivity contribution < 1.29 is 4.79 Å². The molecule has 1 aromatic carbocycles. The van der Waals surface area contributed by atoms with Gasteiger partial charge in [0.25, 0.3) is 5.91 Å². The summed E-state index contributed by atoms with van der Waals surface area (Å²) in [6.07, 6.45) is 2.33. The van der Waals surface area contributed by atoms with E-state index in [9.17, 15) is 4.79 Å². The van der Waals surface area contributed by atoms with Crippen LogP contribution in [0.15, 0.2) is 30.5 Å². The SMILES string of the molecule is NCCc1ccc(CNC(=O)c2cnsn2)cc1. The first kappa shape index (κ1) is 12.7. The number of hydrogen-bond acceptors (Lipinski definition) is 5. The summed E-state index contributed by atoms with van der Waals surface area (Å²) in [7, 11) is 0. The fourth-order valence-corrected chi connectivity index (χ4v) is 1.94. The third-order valence-corrected chi connectivity index (χ3v) is 2.98. The van der Waals surface area contributed by atoms with Gasteiger partial charge in [-0.05, 0) is 24.1 Å². The Morgan fingerprint density at radius 2 is 2.00 bits per heavy atom. The molecule has 1 heterocycles. The third-order valence-electron chi connectivity index (χ3n) is 2.50. The van der Waals surface area contributed by atoms with Crippen molar-refractivity contribution in [1.29, 1.82) is 0 Å². The van der Waals surface area contributed by atoms with Crippen molar-refractivity contribution in [2.24, 2.45) is 5.73 Å². The molecule has 0 bridgehead atoms. The second kappa shape index (κ2) is 6.23. The van der Waals surface area contributed by atoms with Gasteiger partial charge in [-0.15, -0.1) is 0 Å². The Balaban J connectivity index is 1.88. The van der Waals surface area contributed by atoms with Gasteiger partial charge >= 0.3 is 0 Å². The Morgan fingerprint density at radius 3 is 2.61 bits per heavy atom. The highest BCUT2D eigenvalue weighted by atomic mass is 32.1. The molecule has 0 aliphatic heterocycles. The van der Waals surface area contributed by atoms with Crippen LogP contribution >= 0.6 is 11.7 Å². The van der Waals surface area contributed by atoms with Gasteiger partial charge < -0.3 is 11.1 Å². The molecule has 2 rings (SSSR count). The quantitative estimate of drug-likeness (QED) is 0.841. The summed E-state index contributed by atoms with van der Waals surface area (Å²) in [5, 5.41) is 2.79. The summed E-state index contributed by atoms with van der Waals surface area (Å²) < 4.78 is 7.66. The topological polar surface area (TPSA) is 80.9 Å². The standard InChI is InChI=1S/C12H14N4OS/c13-6-5-9-1-3-10(4-2-9)7-14-12(17)11-8-15-18-16-11/h1-4,8H,5-7,13H2,(H,14,17). The molecule has 6 heteroatoms. The molecule has 0 spiro atoms. The highest BCUT2D eigenvalue weighted by molar-refractivity contribution is 6.99. The average Bonchev–Trinajstić information content (AvgIpc) is 2.92. The number of rotatable bonds is 5. The van der Waals surface area contributed by atoms with Crippen molar-refractivity contribution in [2.75, 3.05) is 6.54 Å². The van der Waals surface area contributed by atoms with E-state index in [1.165, 1.54) is 11.8 Å². The average molecular weight is 262 g/mol. The van der Waals surface area contributed by atoms with E-state index in [0.717, 1.165) is 23.7 Å². The first-order chi connectivity index (χ1) is 8.79. The maximum Gasteiger partial charge on any atom is 0.272 e. The molecule has 0 unspecified atom stereocenters. The minimum atomic E-state index is -0.199. The van der Waals surface area contributed by atoms with Gasteiger partial charge in [-0.25, -0.2) is 0 Å². The molecule has 0 aliphatic carbocycles. The van der Waals surface area contributed by atoms with E-state index in [2.05, 4.69) is 14.1 Å². The second-order valence-corrected chi connectivity index (χ2v) is 4.39. The molecule has 2 aromatic rings. The van der Waals surface area contributed by atoms with Crippen LogP contribution in [0.4, 0.5) is 0 Å². The van der Waals surface area contributed by atoms with Crippen LogP contribution in [-0.4, -0.2) is 21.2 Å². The lowest BCUT2D eigenvalue weighted by molar-refractivity contribution is 0.0947. The van der Waals surface area contributed by atoms with Crippen molar-refractivity contribution in [1.82, 2.24) is 14.1 Å². The lowest BCUT2D eigenvalue weighted by Gasteiger charge is -2.04. The van der Waals surface area contributed by atoms with E-state index in [4.69, 9.17) is 5.73 Å². The van der Waals surface area contributed by atoms with E-state index in [1.54, 1.807) is 0 Å². The molecule has 0 fully saturated rings. The van der Waals surface area contributed by atoms with Gasteiger partial charge in [0.1, 0.15) is 0 Å². The van der Waals surface area contributed by atoms with Crippen LogP contribution in [0.5, 0.6) is 0 Å². The molecule has 0 radical (unpaired) electrons. The first-order valence-electron chi connectivity index (χ1n) is 5.63. The van der Waals surface area contributed by atoms with Crippen molar-refractivity contribution in [3.63, 3.8) is 0 Å². The summed E-state index contributed by atoms with van der Waals surface area (Å²) >= 11 is 1.02. The number of benzene rings is 1. The van der Waals surface area contributed by atoms with E-state index in [0.29, 0.717) is 18.8 Å². The second-order valence-electron chi connectivity index (χ2n) is 3.83. The Labute approximate surface area is 109 Å². The van der Waals surface area contributed by atoms with Crippen molar-refractivity contribution in [2.45, 2.75) is 13.0 Å². The zero-order valence-electron chi connectivity index (χ0n) is 9.80. The lowest BCUT2D eigenvalue weighted by Crippen LogP contribution is -2.22. The smallest absolute Gasteiger partial charge is 0.272 e. The molecule has 0 saturated carbocycles. The van der Waals surface area contributed by atoms with Gasteiger partial charge in [0.15, 0.2) is 5.69 Å². The molecule has 18 heavy (non-hydrogen) atoms. The maximum absolute atomic E-state index is 11.6. The molecular formula is C12H14N4OS. The Bertz CT molecular complexity index is 495. The van der Waals surface area contributed by atoms with Crippen LogP contribution in [0.25, 0.3) is 0 Å². The number of aromatic nitrogens is 2. The predicted molar refractivity (Wildman–Crippen MR) is 70.3 cm³/mol. The monoisotopic (exact) mass is 262 g/mol. The number of nitrogens with two attached hydrogens (primary N) is 1. The van der Waals surface area contributed by atoms with Crippen LogP contribution in [0.2, 0.25) is 0 Å². The van der Waals surface area contributed by atoms with Gasteiger partial charge in [0.05, 0.1) is 17.9 Å².